The first-order chi connectivity index (χ1) is 15.6. The number of anilines is 2. The topological polar surface area (TPSA) is 50.8 Å². The summed E-state index contributed by atoms with van der Waals surface area (Å²) >= 11 is 0. The zero-order valence-corrected chi connectivity index (χ0v) is 18.9. The van der Waals surface area contributed by atoms with Crippen LogP contribution in [0.3, 0.4) is 0 Å². The molecule has 3 rings (SSSR count). The van der Waals surface area contributed by atoms with E-state index >= 15 is 0 Å². The van der Waals surface area contributed by atoms with Crippen molar-refractivity contribution in [2.45, 2.75) is 20.5 Å². The molecule has 0 atom stereocenters. The lowest BCUT2D eigenvalue weighted by molar-refractivity contribution is -0.111. The molecule has 0 fully saturated rings. The van der Waals surface area contributed by atoms with Gasteiger partial charge in [-0.25, -0.2) is 0 Å². The van der Waals surface area contributed by atoms with E-state index in [0.29, 0.717) is 18.1 Å². The molecule has 3 aromatic rings. The van der Waals surface area contributed by atoms with Gasteiger partial charge in [-0.15, -0.1) is 0 Å². The van der Waals surface area contributed by atoms with E-state index in [4.69, 9.17) is 9.47 Å². The van der Waals surface area contributed by atoms with Crippen LogP contribution in [0.5, 0.6) is 11.5 Å². The zero-order chi connectivity index (χ0) is 22.8. The summed E-state index contributed by atoms with van der Waals surface area (Å²) in [5.74, 6) is 1.09. The lowest BCUT2D eigenvalue weighted by Crippen LogP contribution is -2.21. The third-order valence-electron chi connectivity index (χ3n) is 5.12. The zero-order valence-electron chi connectivity index (χ0n) is 18.9. The number of nitrogens with one attached hydrogen (secondary N) is 1. The SMILES string of the molecule is CCN(CC)c1ccc(NC(=O)C=Cc2ccc(OCc3ccccc3)c(OC)c2)cc1. The van der Waals surface area contributed by atoms with Gasteiger partial charge in [0.25, 0.3) is 0 Å². The molecule has 0 radical (unpaired) electrons. The van der Waals surface area contributed by atoms with Crippen LogP contribution in [0.4, 0.5) is 11.4 Å². The third-order valence-corrected chi connectivity index (χ3v) is 5.12. The van der Waals surface area contributed by atoms with Gasteiger partial charge in [-0.05, 0) is 67.4 Å². The number of hydrogen-bond acceptors (Lipinski definition) is 4. The predicted octanol–water partition coefficient (Wildman–Crippen LogP) is 5.77. The minimum absolute atomic E-state index is 0.191. The fraction of sp³-hybridized carbons (Fsp3) is 0.222. The highest BCUT2D eigenvalue weighted by Gasteiger charge is 2.06. The van der Waals surface area contributed by atoms with Crippen molar-refractivity contribution >= 4 is 23.4 Å². The predicted molar refractivity (Wildman–Crippen MR) is 131 cm³/mol. The van der Waals surface area contributed by atoms with Gasteiger partial charge in [0.2, 0.25) is 5.91 Å². The molecule has 0 spiro atoms. The number of rotatable bonds is 10. The monoisotopic (exact) mass is 430 g/mol. The maximum Gasteiger partial charge on any atom is 0.248 e. The van der Waals surface area contributed by atoms with E-state index in [1.807, 2.05) is 72.8 Å². The smallest absolute Gasteiger partial charge is 0.248 e. The number of carbonyl (C=O) groups is 1. The third kappa shape index (κ3) is 6.38. The molecule has 32 heavy (non-hydrogen) atoms. The van der Waals surface area contributed by atoms with E-state index < -0.39 is 0 Å². The maximum atomic E-state index is 12.3. The molecule has 0 saturated carbocycles. The van der Waals surface area contributed by atoms with Crippen LogP contribution in [0, 0.1) is 0 Å². The first-order valence-corrected chi connectivity index (χ1v) is 10.8. The van der Waals surface area contributed by atoms with Crippen LogP contribution < -0.4 is 19.7 Å². The van der Waals surface area contributed by atoms with Crippen LogP contribution >= 0.6 is 0 Å². The van der Waals surface area contributed by atoms with Crippen molar-refractivity contribution in [1.82, 2.24) is 0 Å². The Bertz CT molecular complexity index is 1030. The summed E-state index contributed by atoms with van der Waals surface area (Å²) in [7, 11) is 1.60. The van der Waals surface area contributed by atoms with E-state index in [2.05, 4.69) is 24.1 Å². The Hall–Kier alpha value is -3.73. The molecular weight excluding hydrogens is 400 g/mol. The summed E-state index contributed by atoms with van der Waals surface area (Å²) in [5, 5.41) is 2.89. The lowest BCUT2D eigenvalue weighted by Gasteiger charge is -2.21. The van der Waals surface area contributed by atoms with Gasteiger partial charge in [-0.1, -0.05) is 36.4 Å². The molecule has 0 heterocycles. The van der Waals surface area contributed by atoms with E-state index in [1.165, 1.54) is 6.08 Å². The molecule has 0 aliphatic rings. The second-order valence-corrected chi connectivity index (χ2v) is 7.23. The molecule has 0 saturated heterocycles. The number of hydrogen-bond donors (Lipinski definition) is 1. The Morgan fingerprint density at radius 1 is 0.938 bits per heavy atom. The number of ether oxygens (including phenoxy) is 2. The van der Waals surface area contributed by atoms with Gasteiger partial charge in [0.15, 0.2) is 11.5 Å². The minimum Gasteiger partial charge on any atom is -0.493 e. The van der Waals surface area contributed by atoms with Gasteiger partial charge in [-0.2, -0.15) is 0 Å². The molecule has 0 bridgehead atoms. The van der Waals surface area contributed by atoms with Crippen LogP contribution in [0.15, 0.2) is 78.9 Å². The Morgan fingerprint density at radius 3 is 2.31 bits per heavy atom. The Morgan fingerprint density at radius 2 is 1.66 bits per heavy atom. The van der Waals surface area contributed by atoms with Crippen LogP contribution in [-0.2, 0) is 11.4 Å². The van der Waals surface area contributed by atoms with E-state index in [1.54, 1.807) is 13.2 Å². The number of nitrogens with zero attached hydrogens (tertiary/aromatic N) is 1. The quantitative estimate of drug-likeness (QED) is 0.415. The molecule has 1 N–H and O–H groups in total. The molecule has 0 aromatic heterocycles. The fourth-order valence-corrected chi connectivity index (χ4v) is 3.34. The van der Waals surface area contributed by atoms with Gasteiger partial charge >= 0.3 is 0 Å². The molecule has 0 aliphatic carbocycles. The van der Waals surface area contributed by atoms with Gasteiger partial charge < -0.3 is 19.7 Å². The first kappa shape index (κ1) is 22.9. The van der Waals surface area contributed by atoms with Gasteiger partial charge in [0.1, 0.15) is 6.61 Å². The van der Waals surface area contributed by atoms with Crippen molar-refractivity contribution in [1.29, 1.82) is 0 Å². The summed E-state index contributed by atoms with van der Waals surface area (Å²) in [5.41, 5.74) is 3.84. The minimum atomic E-state index is -0.191. The van der Waals surface area contributed by atoms with Gasteiger partial charge in [0, 0.05) is 30.5 Å². The van der Waals surface area contributed by atoms with Crippen molar-refractivity contribution < 1.29 is 14.3 Å². The highest BCUT2D eigenvalue weighted by Crippen LogP contribution is 2.29. The molecule has 5 heteroatoms. The summed E-state index contributed by atoms with van der Waals surface area (Å²) in [6, 6.07) is 23.4. The maximum absolute atomic E-state index is 12.3. The number of methoxy groups -OCH3 is 1. The molecule has 0 aliphatic heterocycles. The molecule has 166 valence electrons. The van der Waals surface area contributed by atoms with Gasteiger partial charge in [0.05, 0.1) is 7.11 Å². The van der Waals surface area contributed by atoms with Crippen molar-refractivity contribution in [3.8, 4) is 11.5 Å². The van der Waals surface area contributed by atoms with E-state index in [-0.39, 0.29) is 5.91 Å². The highest BCUT2D eigenvalue weighted by molar-refractivity contribution is 6.02. The van der Waals surface area contributed by atoms with Crippen molar-refractivity contribution in [3.63, 3.8) is 0 Å². The Balaban J connectivity index is 1.59. The summed E-state index contributed by atoms with van der Waals surface area (Å²) in [6.45, 7) is 6.61. The number of benzene rings is 3. The second kappa shape index (κ2) is 11.6. The normalized spacial score (nSPS) is 10.7. The van der Waals surface area contributed by atoms with Crippen molar-refractivity contribution in [3.05, 3.63) is 90.0 Å². The van der Waals surface area contributed by atoms with E-state index in [9.17, 15) is 4.79 Å². The molecule has 0 unspecified atom stereocenters. The van der Waals surface area contributed by atoms with Crippen LogP contribution in [-0.4, -0.2) is 26.1 Å². The van der Waals surface area contributed by atoms with Crippen LogP contribution in [0.25, 0.3) is 6.08 Å². The molecule has 3 aromatic carbocycles. The second-order valence-electron chi connectivity index (χ2n) is 7.23. The van der Waals surface area contributed by atoms with Crippen molar-refractivity contribution in [2.75, 3.05) is 30.4 Å². The fourth-order valence-electron chi connectivity index (χ4n) is 3.34. The number of amides is 1. The first-order valence-electron chi connectivity index (χ1n) is 10.8. The Kier molecular flexibility index (Phi) is 8.32. The van der Waals surface area contributed by atoms with E-state index in [0.717, 1.165) is 35.6 Å². The molecule has 1 amide bonds. The largest absolute Gasteiger partial charge is 0.493 e. The summed E-state index contributed by atoms with van der Waals surface area (Å²) < 4.78 is 11.3. The van der Waals surface area contributed by atoms with Crippen LogP contribution in [0.2, 0.25) is 0 Å². The standard InChI is InChI=1S/C27H30N2O3/c1-4-29(5-2)24-15-13-23(14-16-24)28-27(30)18-12-21-11-17-25(26(19-21)31-3)32-20-22-9-7-6-8-10-22/h6-19H,4-5,20H2,1-3H3,(H,28,30). The van der Waals surface area contributed by atoms with Gasteiger partial charge in [-0.3, -0.25) is 4.79 Å². The molecular formula is C27H30N2O3. The lowest BCUT2D eigenvalue weighted by atomic mass is 10.2. The highest BCUT2D eigenvalue weighted by atomic mass is 16.5. The average molecular weight is 431 g/mol. The Labute approximate surface area is 190 Å². The average Bonchev–Trinajstić information content (AvgIpc) is 2.84. The summed E-state index contributed by atoms with van der Waals surface area (Å²) in [6.07, 6.45) is 3.26. The van der Waals surface area contributed by atoms with Crippen LogP contribution in [0.1, 0.15) is 25.0 Å². The molecule has 5 nitrogen and oxygen atoms in total. The number of carbonyl (C=O) groups excluding carboxylic acids is 1. The summed E-state index contributed by atoms with van der Waals surface area (Å²) in [4.78, 5) is 14.6. The van der Waals surface area contributed by atoms with Crippen molar-refractivity contribution in [2.24, 2.45) is 0 Å².